The van der Waals surface area contributed by atoms with Crippen LogP contribution in [0.3, 0.4) is 0 Å². The SMILES string of the molecule is Cn1ncc(Cl)c1-c1cc(C(=O)N[C@H](CN)Cc2cccc(C(F)(F)F)c2)oc1Cl. The molecule has 160 valence electrons. The van der Waals surface area contributed by atoms with E-state index in [2.05, 4.69) is 10.4 Å². The minimum atomic E-state index is -4.45. The minimum absolute atomic E-state index is 0.0108. The normalized spacial score (nSPS) is 12.8. The number of aryl methyl sites for hydroxylation is 1. The molecular formula is C19H17Cl2F3N4O2. The van der Waals surface area contributed by atoms with E-state index in [0.717, 1.165) is 12.1 Å². The molecule has 1 amide bonds. The van der Waals surface area contributed by atoms with Crippen molar-refractivity contribution in [2.75, 3.05) is 6.54 Å². The van der Waals surface area contributed by atoms with Crippen molar-refractivity contribution in [2.45, 2.75) is 18.6 Å². The number of aromatic nitrogens is 2. The second-order valence-corrected chi connectivity index (χ2v) is 7.32. The number of rotatable bonds is 6. The molecule has 3 N–H and O–H groups in total. The van der Waals surface area contributed by atoms with E-state index < -0.39 is 23.7 Å². The Labute approximate surface area is 179 Å². The number of furan rings is 1. The van der Waals surface area contributed by atoms with E-state index >= 15 is 0 Å². The van der Waals surface area contributed by atoms with Crippen molar-refractivity contribution in [3.8, 4) is 11.3 Å². The predicted molar refractivity (Wildman–Crippen MR) is 106 cm³/mol. The molecule has 1 atom stereocenters. The molecule has 3 rings (SSSR count). The van der Waals surface area contributed by atoms with Crippen LogP contribution in [0.2, 0.25) is 10.2 Å². The maximum absolute atomic E-state index is 12.9. The summed E-state index contributed by atoms with van der Waals surface area (Å²) in [6.07, 6.45) is -2.91. The Bertz CT molecular complexity index is 1040. The molecule has 0 bridgehead atoms. The zero-order valence-corrected chi connectivity index (χ0v) is 17.1. The Morgan fingerprint density at radius 1 is 1.33 bits per heavy atom. The average Bonchev–Trinajstić information content (AvgIpc) is 3.22. The van der Waals surface area contributed by atoms with Gasteiger partial charge in [0.05, 0.1) is 28.0 Å². The van der Waals surface area contributed by atoms with Crippen LogP contribution in [-0.4, -0.2) is 28.3 Å². The Kier molecular flexibility index (Phi) is 6.44. The molecule has 0 spiro atoms. The highest BCUT2D eigenvalue weighted by atomic mass is 35.5. The number of alkyl halides is 3. The van der Waals surface area contributed by atoms with Gasteiger partial charge < -0.3 is 15.5 Å². The van der Waals surface area contributed by atoms with E-state index in [1.54, 1.807) is 7.05 Å². The number of nitrogens with one attached hydrogen (secondary N) is 1. The van der Waals surface area contributed by atoms with Crippen molar-refractivity contribution in [3.05, 3.63) is 63.7 Å². The molecule has 0 unspecified atom stereocenters. The van der Waals surface area contributed by atoms with Gasteiger partial charge in [0.2, 0.25) is 5.22 Å². The van der Waals surface area contributed by atoms with Gasteiger partial charge in [0.1, 0.15) is 0 Å². The Morgan fingerprint density at radius 2 is 2.07 bits per heavy atom. The third-order valence-electron chi connectivity index (χ3n) is 4.42. The highest BCUT2D eigenvalue weighted by Crippen LogP contribution is 2.35. The quantitative estimate of drug-likeness (QED) is 0.573. The number of halogens is 5. The summed E-state index contributed by atoms with van der Waals surface area (Å²) in [6, 6.07) is 5.66. The topological polar surface area (TPSA) is 86.1 Å². The molecule has 6 nitrogen and oxygen atoms in total. The monoisotopic (exact) mass is 460 g/mol. The lowest BCUT2D eigenvalue weighted by Gasteiger charge is -2.17. The number of carbonyl (C=O) groups excluding carboxylic acids is 1. The molecule has 0 aliphatic heterocycles. The van der Waals surface area contributed by atoms with Crippen molar-refractivity contribution in [3.63, 3.8) is 0 Å². The maximum atomic E-state index is 12.9. The lowest BCUT2D eigenvalue weighted by Crippen LogP contribution is -2.41. The van der Waals surface area contributed by atoms with Crippen LogP contribution >= 0.6 is 23.2 Å². The van der Waals surface area contributed by atoms with Crippen LogP contribution in [0.4, 0.5) is 13.2 Å². The van der Waals surface area contributed by atoms with Crippen molar-refractivity contribution >= 4 is 29.1 Å². The summed E-state index contributed by atoms with van der Waals surface area (Å²) in [5.74, 6) is -0.696. The second-order valence-electron chi connectivity index (χ2n) is 6.57. The standard InChI is InChI=1S/C19H17Cl2F3N4O2/c1-28-16(14(20)9-26-28)13-7-15(30-17(13)21)18(29)27-12(8-25)6-10-3-2-4-11(5-10)19(22,23)24/h2-5,7,9,12H,6,8,25H2,1H3,(H,27,29)/t12-/m0/s1. The lowest BCUT2D eigenvalue weighted by atomic mass is 10.0. The zero-order valence-electron chi connectivity index (χ0n) is 15.6. The molecular weight excluding hydrogens is 444 g/mol. The van der Waals surface area contributed by atoms with Gasteiger partial charge in [0, 0.05) is 25.7 Å². The van der Waals surface area contributed by atoms with E-state index in [1.807, 2.05) is 0 Å². The molecule has 0 fully saturated rings. The fraction of sp³-hybridized carbons (Fsp3) is 0.263. The van der Waals surface area contributed by atoms with Gasteiger partial charge in [-0.3, -0.25) is 9.48 Å². The zero-order chi connectivity index (χ0) is 22.1. The number of nitrogens with zero attached hydrogens (tertiary/aromatic N) is 2. The van der Waals surface area contributed by atoms with Crippen LogP contribution in [0.1, 0.15) is 21.7 Å². The van der Waals surface area contributed by atoms with Gasteiger partial charge in [-0.25, -0.2) is 0 Å². The first-order valence-electron chi connectivity index (χ1n) is 8.74. The van der Waals surface area contributed by atoms with Gasteiger partial charge >= 0.3 is 6.18 Å². The predicted octanol–water partition coefficient (Wildman–Crippen LogP) is 4.31. The Balaban J connectivity index is 1.76. The summed E-state index contributed by atoms with van der Waals surface area (Å²) in [7, 11) is 1.66. The van der Waals surface area contributed by atoms with E-state index in [9.17, 15) is 18.0 Å². The van der Waals surface area contributed by atoms with Crippen molar-refractivity contribution in [1.29, 1.82) is 0 Å². The highest BCUT2D eigenvalue weighted by Gasteiger charge is 2.30. The smallest absolute Gasteiger partial charge is 0.416 e. The van der Waals surface area contributed by atoms with E-state index in [4.69, 9.17) is 33.4 Å². The number of nitrogens with two attached hydrogens (primary N) is 1. The van der Waals surface area contributed by atoms with E-state index in [1.165, 1.54) is 29.1 Å². The number of benzene rings is 1. The van der Waals surface area contributed by atoms with Crippen LogP contribution in [0.15, 0.2) is 40.9 Å². The molecule has 11 heteroatoms. The summed E-state index contributed by atoms with van der Waals surface area (Å²) in [6.45, 7) is 0.0108. The third-order valence-corrected chi connectivity index (χ3v) is 4.97. The molecule has 2 aromatic heterocycles. The first-order chi connectivity index (χ1) is 14.1. The molecule has 1 aromatic carbocycles. The molecule has 0 saturated carbocycles. The Hall–Kier alpha value is -2.49. The summed E-state index contributed by atoms with van der Waals surface area (Å²) < 4.78 is 45.5. The van der Waals surface area contributed by atoms with Crippen LogP contribution in [0.25, 0.3) is 11.3 Å². The van der Waals surface area contributed by atoms with Gasteiger partial charge in [-0.15, -0.1) is 0 Å². The lowest BCUT2D eigenvalue weighted by molar-refractivity contribution is -0.137. The van der Waals surface area contributed by atoms with Crippen LogP contribution in [-0.2, 0) is 19.6 Å². The van der Waals surface area contributed by atoms with Gasteiger partial charge in [0.15, 0.2) is 5.76 Å². The highest BCUT2D eigenvalue weighted by molar-refractivity contribution is 6.35. The van der Waals surface area contributed by atoms with Gasteiger partial charge in [-0.2, -0.15) is 18.3 Å². The fourth-order valence-corrected chi connectivity index (χ4v) is 3.46. The molecule has 0 saturated heterocycles. The van der Waals surface area contributed by atoms with Crippen LogP contribution < -0.4 is 11.1 Å². The van der Waals surface area contributed by atoms with Crippen molar-refractivity contribution < 1.29 is 22.4 Å². The number of hydrogen-bond acceptors (Lipinski definition) is 4. The van der Waals surface area contributed by atoms with Gasteiger partial charge in [-0.05, 0) is 29.7 Å². The second kappa shape index (κ2) is 8.71. The Morgan fingerprint density at radius 3 is 2.67 bits per heavy atom. The van der Waals surface area contributed by atoms with Crippen LogP contribution in [0, 0.1) is 0 Å². The van der Waals surface area contributed by atoms with Gasteiger partial charge in [-0.1, -0.05) is 29.8 Å². The van der Waals surface area contributed by atoms with Crippen molar-refractivity contribution in [1.82, 2.24) is 15.1 Å². The fourth-order valence-electron chi connectivity index (χ4n) is 2.96. The van der Waals surface area contributed by atoms with Crippen molar-refractivity contribution in [2.24, 2.45) is 12.8 Å². The first kappa shape index (κ1) is 22.2. The maximum Gasteiger partial charge on any atom is 0.416 e. The molecule has 3 aromatic rings. The minimum Gasteiger partial charge on any atom is -0.439 e. The number of hydrogen-bond donors (Lipinski definition) is 2. The molecule has 0 aliphatic rings. The number of amides is 1. The van der Waals surface area contributed by atoms with E-state index in [-0.39, 0.29) is 23.9 Å². The number of carbonyl (C=O) groups is 1. The largest absolute Gasteiger partial charge is 0.439 e. The van der Waals surface area contributed by atoms with E-state index in [0.29, 0.717) is 21.8 Å². The van der Waals surface area contributed by atoms with Crippen LogP contribution in [0.5, 0.6) is 0 Å². The first-order valence-corrected chi connectivity index (χ1v) is 9.50. The molecule has 0 radical (unpaired) electrons. The summed E-state index contributed by atoms with van der Waals surface area (Å²) in [5.41, 5.74) is 6.18. The molecule has 2 heterocycles. The average molecular weight is 461 g/mol. The van der Waals surface area contributed by atoms with Gasteiger partial charge in [0.25, 0.3) is 5.91 Å². The molecule has 30 heavy (non-hydrogen) atoms. The molecule has 0 aliphatic carbocycles. The summed E-state index contributed by atoms with van der Waals surface area (Å²) in [5, 5.41) is 6.94. The summed E-state index contributed by atoms with van der Waals surface area (Å²) in [4.78, 5) is 12.6. The third kappa shape index (κ3) is 4.80. The summed E-state index contributed by atoms with van der Waals surface area (Å²) >= 11 is 12.2.